The van der Waals surface area contributed by atoms with Gasteiger partial charge in [-0.05, 0) is 44.1 Å². The average molecular weight is 648 g/mol. The Morgan fingerprint density at radius 1 is 0.907 bits per heavy atom. The van der Waals surface area contributed by atoms with Gasteiger partial charge in [0.05, 0.1) is 36.7 Å². The van der Waals surface area contributed by atoms with Gasteiger partial charge in [-0.3, -0.25) is 19.2 Å². The highest BCUT2D eigenvalue weighted by Gasteiger charge is 2.64. The number of hydrogen-bond acceptors (Lipinski definition) is 12. The molecule has 12 nitrogen and oxygen atoms in total. The van der Waals surface area contributed by atoms with Crippen molar-refractivity contribution in [2.24, 2.45) is 29.1 Å². The Morgan fingerprint density at radius 2 is 1.40 bits per heavy atom. The Balaban J connectivity index is 3.47. The van der Waals surface area contributed by atoms with Crippen molar-refractivity contribution in [3.8, 4) is 0 Å². The molecule has 1 saturated heterocycles. The fraction of sp³-hybridized carbons (Fsp3) is 0.793. The molecule has 0 saturated carbocycles. The summed E-state index contributed by atoms with van der Waals surface area (Å²) in [7, 11) is -1.74. The lowest BCUT2D eigenvalue weighted by Gasteiger charge is -2.60. The van der Waals surface area contributed by atoms with E-state index in [0.29, 0.717) is 0 Å². The molecule has 1 unspecified atom stereocenters. The fourth-order valence-electron chi connectivity index (χ4n) is 4.94. The topological polar surface area (TPSA) is 155 Å². The van der Waals surface area contributed by atoms with Crippen LogP contribution in [-0.4, -0.2) is 91.6 Å². The number of carbonyl (C=O) groups is 5. The zero-order chi connectivity index (χ0) is 33.4. The molecule has 1 fully saturated rings. The molecule has 5 atom stereocenters. The molecule has 14 heteroatoms. The number of amides is 1. The van der Waals surface area contributed by atoms with Crippen molar-refractivity contribution < 1.29 is 52.5 Å². The van der Waals surface area contributed by atoms with Gasteiger partial charge in [0.25, 0.3) is 0 Å². The Bertz CT molecular complexity index is 1030. The molecular formula is C29H49NO11SSi. The molecule has 1 N–H and O–H groups in total. The van der Waals surface area contributed by atoms with Crippen LogP contribution < -0.4 is 0 Å². The third-order valence-corrected chi connectivity index (χ3v) is 9.16. The highest BCUT2D eigenvalue weighted by atomic mass is 32.1. The molecule has 43 heavy (non-hydrogen) atoms. The summed E-state index contributed by atoms with van der Waals surface area (Å²) in [5, 5.41) is 11.0. The van der Waals surface area contributed by atoms with Gasteiger partial charge in [-0.2, -0.15) is 0 Å². The standard InChI is InChI=1S/C29H49NO11SSi/c1-12-37-25(34)18(26(35)38-13-2)14-19(42)17(5)21-20(29(9,28(6,7)8)41-43(10)11)22(31)30(21)23(32)27(36)40-15-39-24(33)16(3)4/h16-18,20-21,23,32,43H,12-15H2,1-11H3/t17-,20+,21+,23?,29+/m0/s1. The summed E-state index contributed by atoms with van der Waals surface area (Å²) in [4.78, 5) is 64.9. The van der Waals surface area contributed by atoms with Crippen molar-refractivity contribution >= 4 is 55.9 Å². The first-order chi connectivity index (χ1) is 19.8. The van der Waals surface area contributed by atoms with Crippen LogP contribution in [0.2, 0.25) is 13.1 Å². The molecule has 246 valence electrons. The van der Waals surface area contributed by atoms with E-state index < -0.39 is 92.6 Å². The van der Waals surface area contributed by atoms with Gasteiger partial charge in [-0.1, -0.05) is 53.8 Å². The molecule has 0 aromatic rings. The van der Waals surface area contributed by atoms with Crippen LogP contribution in [0.15, 0.2) is 0 Å². The van der Waals surface area contributed by atoms with E-state index >= 15 is 0 Å². The number of ether oxygens (including phenoxy) is 4. The zero-order valence-electron chi connectivity index (χ0n) is 27.3. The zero-order valence-corrected chi connectivity index (χ0v) is 29.2. The largest absolute Gasteiger partial charge is 0.465 e. The predicted molar refractivity (Wildman–Crippen MR) is 163 cm³/mol. The molecule has 0 spiro atoms. The SMILES string of the molecule is CCOC(=O)C(CC(=S)[C@H](C)[C@@H]1[C@@H]([C@@](C)(O[SiH](C)C)C(C)(C)C)C(=O)N1C(O)C(=O)OCOC(=O)C(C)C)C(=O)OCC. The highest BCUT2D eigenvalue weighted by molar-refractivity contribution is 7.80. The monoisotopic (exact) mass is 647 g/mol. The Morgan fingerprint density at radius 3 is 1.81 bits per heavy atom. The lowest BCUT2D eigenvalue weighted by atomic mass is 9.61. The smallest absolute Gasteiger partial charge is 0.359 e. The van der Waals surface area contributed by atoms with Crippen LogP contribution in [0.1, 0.15) is 68.7 Å². The second-order valence-electron chi connectivity index (χ2n) is 12.3. The number of carbonyl (C=O) groups excluding carboxylic acids is 5. The lowest BCUT2D eigenvalue weighted by Crippen LogP contribution is -2.76. The summed E-state index contributed by atoms with van der Waals surface area (Å²) >= 11 is 5.72. The summed E-state index contributed by atoms with van der Waals surface area (Å²) in [6, 6.07) is -0.872. The Hall–Kier alpha value is -2.42. The Labute approximate surface area is 261 Å². The average Bonchev–Trinajstić information content (AvgIpc) is 2.88. The molecule has 0 bridgehead atoms. The minimum Gasteiger partial charge on any atom is -0.465 e. The van der Waals surface area contributed by atoms with Crippen LogP contribution in [0.25, 0.3) is 0 Å². The van der Waals surface area contributed by atoms with Crippen LogP contribution in [0.5, 0.6) is 0 Å². The number of nitrogens with zero attached hydrogens (tertiary/aromatic N) is 1. The summed E-state index contributed by atoms with van der Waals surface area (Å²) < 4.78 is 26.5. The lowest BCUT2D eigenvalue weighted by molar-refractivity contribution is -0.218. The minimum absolute atomic E-state index is 0.0468. The van der Waals surface area contributed by atoms with E-state index in [1.165, 1.54) is 0 Å². The van der Waals surface area contributed by atoms with Crippen LogP contribution in [0.3, 0.4) is 0 Å². The summed E-state index contributed by atoms with van der Waals surface area (Å²) in [5.41, 5.74) is -1.60. The number of β-lactam (4-membered cyclic amide) rings is 1. The van der Waals surface area contributed by atoms with Crippen molar-refractivity contribution in [3.63, 3.8) is 0 Å². The van der Waals surface area contributed by atoms with E-state index in [-0.39, 0.29) is 24.5 Å². The van der Waals surface area contributed by atoms with Crippen molar-refractivity contribution in [2.75, 3.05) is 20.0 Å². The number of thiocarbonyl (C=S) groups is 1. The first-order valence-electron chi connectivity index (χ1n) is 14.6. The van der Waals surface area contributed by atoms with E-state index in [4.69, 9.17) is 35.6 Å². The predicted octanol–water partition coefficient (Wildman–Crippen LogP) is 2.78. The van der Waals surface area contributed by atoms with Gasteiger partial charge >= 0.3 is 23.9 Å². The first kappa shape index (κ1) is 38.6. The van der Waals surface area contributed by atoms with E-state index in [1.54, 1.807) is 34.6 Å². The summed E-state index contributed by atoms with van der Waals surface area (Å²) in [5.74, 6) is -7.26. The molecule has 1 aliphatic heterocycles. The number of aliphatic hydroxyl groups excluding tert-OH is 1. The third-order valence-electron chi connectivity index (χ3n) is 7.66. The molecule has 1 aliphatic rings. The Kier molecular flexibility index (Phi) is 14.4. The third kappa shape index (κ3) is 9.29. The highest BCUT2D eigenvalue weighted by Crippen LogP contribution is 2.50. The molecule has 0 aromatic heterocycles. The maximum atomic E-state index is 13.8. The fourth-order valence-corrected chi connectivity index (χ4v) is 6.72. The molecule has 0 radical (unpaired) electrons. The molecule has 1 rings (SSSR count). The minimum atomic E-state index is -2.04. The molecule has 0 aromatic carbocycles. The molecular weight excluding hydrogens is 598 g/mol. The molecule has 1 heterocycles. The van der Waals surface area contributed by atoms with E-state index in [2.05, 4.69) is 0 Å². The number of esters is 4. The molecule has 1 amide bonds. The maximum Gasteiger partial charge on any atom is 0.359 e. The van der Waals surface area contributed by atoms with Crippen LogP contribution in [0, 0.1) is 29.1 Å². The van der Waals surface area contributed by atoms with Crippen molar-refractivity contribution in [1.29, 1.82) is 0 Å². The van der Waals surface area contributed by atoms with Gasteiger partial charge in [0.15, 0.2) is 15.0 Å². The second-order valence-corrected chi connectivity index (χ2v) is 15.2. The normalized spacial score (nSPS) is 19.8. The van der Waals surface area contributed by atoms with Gasteiger partial charge in [-0.25, -0.2) is 4.79 Å². The number of hydrogen-bond donors (Lipinski definition) is 1. The van der Waals surface area contributed by atoms with Crippen LogP contribution >= 0.6 is 12.2 Å². The van der Waals surface area contributed by atoms with E-state index in [0.717, 1.165) is 4.90 Å². The summed E-state index contributed by atoms with van der Waals surface area (Å²) in [6.45, 7) is 19.1. The number of likely N-dealkylation sites (tertiary alicyclic amines) is 1. The second kappa shape index (κ2) is 16.1. The number of aliphatic hydroxyl groups is 1. The van der Waals surface area contributed by atoms with Gasteiger partial charge in [-0.15, -0.1) is 0 Å². The maximum absolute atomic E-state index is 13.8. The van der Waals surface area contributed by atoms with Crippen molar-refractivity contribution in [1.82, 2.24) is 4.90 Å². The van der Waals surface area contributed by atoms with Gasteiger partial charge in [0.2, 0.25) is 18.9 Å². The van der Waals surface area contributed by atoms with Crippen LogP contribution in [-0.2, 0) is 47.3 Å². The van der Waals surface area contributed by atoms with E-state index in [9.17, 15) is 29.1 Å². The quantitative estimate of drug-likeness (QED) is 0.0498. The molecule has 0 aliphatic carbocycles. The van der Waals surface area contributed by atoms with Crippen molar-refractivity contribution in [2.45, 2.75) is 99.7 Å². The first-order valence-corrected chi connectivity index (χ1v) is 17.8. The van der Waals surface area contributed by atoms with Crippen molar-refractivity contribution in [3.05, 3.63) is 0 Å². The van der Waals surface area contributed by atoms with Crippen LogP contribution in [0.4, 0.5) is 0 Å². The number of rotatable bonds is 16. The summed E-state index contributed by atoms with van der Waals surface area (Å²) in [6.07, 6.45) is -2.25. The van der Waals surface area contributed by atoms with E-state index in [1.807, 2.05) is 40.8 Å². The van der Waals surface area contributed by atoms with Gasteiger partial charge in [0.1, 0.15) is 0 Å². The van der Waals surface area contributed by atoms with Gasteiger partial charge in [0, 0.05) is 12.3 Å². The van der Waals surface area contributed by atoms with Gasteiger partial charge < -0.3 is 33.4 Å².